The quantitative estimate of drug-likeness (QED) is 0.480. The topological polar surface area (TPSA) is 85.0 Å². The maximum absolute atomic E-state index is 12.1. The van der Waals surface area contributed by atoms with Crippen molar-refractivity contribution in [1.29, 1.82) is 0 Å². The molecule has 0 saturated heterocycles. The minimum Gasteiger partial charge on any atom is -0.415 e. The number of nitrogens with zero attached hydrogens (tertiary/aromatic N) is 5. The molecule has 0 fully saturated rings. The highest BCUT2D eigenvalue weighted by Gasteiger charge is 2.17. The number of carbonyl (C=O) groups excluding carboxylic acids is 1. The van der Waals surface area contributed by atoms with E-state index in [1.165, 1.54) is 4.90 Å². The fourth-order valence-corrected chi connectivity index (χ4v) is 3.13. The summed E-state index contributed by atoms with van der Waals surface area (Å²) in [6.07, 6.45) is 3.43. The molecule has 4 aromatic rings. The summed E-state index contributed by atoms with van der Waals surface area (Å²) >= 11 is 0. The number of hydrogen-bond donors (Lipinski definition) is 0. The Morgan fingerprint density at radius 2 is 1.74 bits per heavy atom. The number of hydrogen-bond acceptors (Lipinski definition) is 6. The van der Waals surface area contributed by atoms with Crippen molar-refractivity contribution >= 4 is 12.0 Å². The van der Waals surface area contributed by atoms with E-state index in [0.29, 0.717) is 34.4 Å². The maximum Gasteiger partial charge on any atom is 0.268 e. The lowest BCUT2D eigenvalue weighted by atomic mass is 10.1. The highest BCUT2D eigenvalue weighted by molar-refractivity contribution is 5.94. The lowest BCUT2D eigenvalue weighted by Crippen LogP contribution is -2.21. The molecule has 4 rings (SSSR count). The monoisotopic (exact) mass is 411 g/mol. The van der Waals surface area contributed by atoms with Crippen molar-refractivity contribution in [1.82, 2.24) is 25.1 Å². The van der Waals surface area contributed by atoms with Crippen LogP contribution in [0, 0.1) is 6.92 Å². The Morgan fingerprint density at radius 3 is 2.45 bits per heavy atom. The van der Waals surface area contributed by atoms with Crippen LogP contribution >= 0.6 is 0 Å². The van der Waals surface area contributed by atoms with Crippen LogP contribution in [0.2, 0.25) is 0 Å². The van der Waals surface area contributed by atoms with E-state index in [-0.39, 0.29) is 5.91 Å². The van der Waals surface area contributed by atoms with Crippen molar-refractivity contribution in [3.63, 3.8) is 0 Å². The molecule has 0 saturated carbocycles. The Bertz CT molecular complexity index is 1260. The third-order valence-corrected chi connectivity index (χ3v) is 4.83. The Hall–Kier alpha value is -4.13. The van der Waals surface area contributed by atoms with Crippen LogP contribution < -0.4 is 0 Å². The average molecular weight is 411 g/mol. The molecule has 7 nitrogen and oxygen atoms in total. The number of aryl methyl sites for hydroxylation is 1. The average Bonchev–Trinajstić information content (AvgIpc) is 3.29. The van der Waals surface area contributed by atoms with E-state index in [1.807, 2.05) is 43.3 Å². The number of amides is 1. The molecule has 7 heteroatoms. The molecule has 0 aliphatic rings. The van der Waals surface area contributed by atoms with Crippen molar-refractivity contribution in [2.75, 3.05) is 14.1 Å². The van der Waals surface area contributed by atoms with Crippen LogP contribution in [0.5, 0.6) is 0 Å². The van der Waals surface area contributed by atoms with Crippen molar-refractivity contribution in [3.05, 3.63) is 78.1 Å². The third kappa shape index (κ3) is 3.98. The second-order valence-corrected chi connectivity index (χ2v) is 7.17. The van der Waals surface area contributed by atoms with Crippen LogP contribution in [0.1, 0.15) is 21.6 Å². The molecule has 2 aromatic carbocycles. The number of aromatic nitrogens is 4. The van der Waals surface area contributed by atoms with Gasteiger partial charge in [-0.25, -0.2) is 4.98 Å². The molecule has 154 valence electrons. The fraction of sp³-hybridized carbons (Fsp3) is 0.125. The second kappa shape index (κ2) is 8.31. The van der Waals surface area contributed by atoms with Gasteiger partial charge in [-0.1, -0.05) is 43.0 Å². The van der Waals surface area contributed by atoms with E-state index in [1.54, 1.807) is 38.5 Å². The SMILES string of the molecule is C=Cc1ccccc1-c1nnc(-c2nc(-c3ccc(C(=O)N(C)C)cc3)cnc2C)o1. The van der Waals surface area contributed by atoms with Gasteiger partial charge in [-0.3, -0.25) is 9.78 Å². The smallest absolute Gasteiger partial charge is 0.268 e. The third-order valence-electron chi connectivity index (χ3n) is 4.83. The molecule has 0 spiro atoms. The van der Waals surface area contributed by atoms with Gasteiger partial charge in [0.05, 0.1) is 17.6 Å². The zero-order valence-electron chi connectivity index (χ0n) is 17.5. The first-order valence-corrected chi connectivity index (χ1v) is 9.69. The lowest BCUT2D eigenvalue weighted by molar-refractivity contribution is 0.0827. The molecule has 2 heterocycles. The maximum atomic E-state index is 12.1. The van der Waals surface area contributed by atoms with Crippen LogP contribution in [-0.2, 0) is 0 Å². The van der Waals surface area contributed by atoms with Gasteiger partial charge < -0.3 is 9.32 Å². The van der Waals surface area contributed by atoms with Crippen molar-refractivity contribution < 1.29 is 9.21 Å². The summed E-state index contributed by atoms with van der Waals surface area (Å²) in [5.74, 6) is 0.629. The highest BCUT2D eigenvalue weighted by Crippen LogP contribution is 2.28. The lowest BCUT2D eigenvalue weighted by Gasteiger charge is -2.10. The zero-order valence-corrected chi connectivity index (χ0v) is 17.5. The fourth-order valence-electron chi connectivity index (χ4n) is 3.13. The molecule has 2 aromatic heterocycles. The van der Waals surface area contributed by atoms with Gasteiger partial charge in [-0.15, -0.1) is 10.2 Å². The van der Waals surface area contributed by atoms with E-state index in [0.717, 1.165) is 16.7 Å². The van der Waals surface area contributed by atoms with E-state index < -0.39 is 0 Å². The van der Waals surface area contributed by atoms with Crippen LogP contribution in [0.3, 0.4) is 0 Å². The molecule has 1 amide bonds. The molecule has 31 heavy (non-hydrogen) atoms. The van der Waals surface area contributed by atoms with Gasteiger partial charge in [0.25, 0.3) is 11.8 Å². The molecular weight excluding hydrogens is 390 g/mol. The Morgan fingerprint density at radius 1 is 1.03 bits per heavy atom. The van der Waals surface area contributed by atoms with E-state index >= 15 is 0 Å². The standard InChI is InChI=1S/C24H21N5O2/c1-5-16-8-6-7-9-19(16)22-27-28-23(31-22)21-15(2)25-14-20(26-21)17-10-12-18(13-11-17)24(30)29(3)4/h5-14H,1H2,2-4H3. The largest absolute Gasteiger partial charge is 0.415 e. The van der Waals surface area contributed by atoms with Gasteiger partial charge in [-0.05, 0) is 30.7 Å². The minimum atomic E-state index is -0.0552. The normalized spacial score (nSPS) is 10.7. The Labute approximate surface area is 180 Å². The predicted octanol–water partition coefficient (Wildman–Crippen LogP) is 4.51. The van der Waals surface area contributed by atoms with Gasteiger partial charge in [0, 0.05) is 30.8 Å². The van der Waals surface area contributed by atoms with Gasteiger partial charge in [-0.2, -0.15) is 0 Å². The Kier molecular flexibility index (Phi) is 5.41. The molecular formula is C24H21N5O2. The molecule has 0 radical (unpaired) electrons. The van der Waals surface area contributed by atoms with E-state index in [2.05, 4.69) is 21.8 Å². The first-order chi connectivity index (χ1) is 15.0. The summed E-state index contributed by atoms with van der Waals surface area (Å²) in [6.45, 7) is 5.67. The summed E-state index contributed by atoms with van der Waals surface area (Å²) in [5.41, 5.74) is 4.99. The first kappa shape index (κ1) is 20.2. The zero-order chi connectivity index (χ0) is 22.0. The first-order valence-electron chi connectivity index (χ1n) is 9.69. The minimum absolute atomic E-state index is 0.0552. The van der Waals surface area contributed by atoms with Gasteiger partial charge in [0.2, 0.25) is 5.89 Å². The van der Waals surface area contributed by atoms with Gasteiger partial charge >= 0.3 is 0 Å². The van der Waals surface area contributed by atoms with Crippen molar-refractivity contribution in [2.24, 2.45) is 0 Å². The molecule has 0 atom stereocenters. The molecule has 0 unspecified atom stereocenters. The number of benzene rings is 2. The molecule has 0 aliphatic carbocycles. The van der Waals surface area contributed by atoms with E-state index in [9.17, 15) is 4.79 Å². The summed E-state index contributed by atoms with van der Waals surface area (Å²) in [5, 5.41) is 8.38. The van der Waals surface area contributed by atoms with Crippen LogP contribution in [0.15, 0.2) is 65.7 Å². The molecule has 0 aliphatic heterocycles. The van der Waals surface area contributed by atoms with Crippen molar-refractivity contribution in [3.8, 4) is 34.3 Å². The number of rotatable bonds is 5. The van der Waals surface area contributed by atoms with Gasteiger partial charge in [0.15, 0.2) is 0 Å². The van der Waals surface area contributed by atoms with Crippen molar-refractivity contribution in [2.45, 2.75) is 6.92 Å². The van der Waals surface area contributed by atoms with Crippen LogP contribution in [0.4, 0.5) is 0 Å². The van der Waals surface area contributed by atoms with Crippen LogP contribution in [-0.4, -0.2) is 45.1 Å². The van der Waals surface area contributed by atoms with Gasteiger partial charge in [0.1, 0.15) is 5.69 Å². The predicted molar refractivity (Wildman–Crippen MR) is 119 cm³/mol. The second-order valence-electron chi connectivity index (χ2n) is 7.17. The summed E-state index contributed by atoms with van der Waals surface area (Å²) < 4.78 is 5.92. The highest BCUT2D eigenvalue weighted by atomic mass is 16.4. The van der Waals surface area contributed by atoms with E-state index in [4.69, 9.17) is 9.40 Å². The Balaban J connectivity index is 1.69. The number of carbonyl (C=O) groups is 1. The summed E-state index contributed by atoms with van der Waals surface area (Å²) in [7, 11) is 3.44. The summed E-state index contributed by atoms with van der Waals surface area (Å²) in [4.78, 5) is 22.8. The van der Waals surface area contributed by atoms with Crippen LogP contribution in [0.25, 0.3) is 40.4 Å². The molecule has 0 bridgehead atoms. The summed E-state index contributed by atoms with van der Waals surface area (Å²) in [6, 6.07) is 14.9. The molecule has 0 N–H and O–H groups in total.